The van der Waals surface area contributed by atoms with Crippen molar-refractivity contribution in [1.82, 2.24) is 0 Å². The summed E-state index contributed by atoms with van der Waals surface area (Å²) in [6.07, 6.45) is 2.74. The molecule has 1 aliphatic carbocycles. The molecule has 1 atom stereocenters. The van der Waals surface area contributed by atoms with Crippen molar-refractivity contribution in [2.24, 2.45) is 5.92 Å². The number of anilines is 2. The Morgan fingerprint density at radius 3 is 2.60 bits per heavy atom. The molecule has 0 amide bonds. The van der Waals surface area contributed by atoms with E-state index in [9.17, 15) is 0 Å². The molecule has 2 rings (SSSR count). The molecule has 2 heteroatoms. The average molecular weight is 204 g/mol. The van der Waals surface area contributed by atoms with Gasteiger partial charge in [-0.1, -0.05) is 6.07 Å². The van der Waals surface area contributed by atoms with E-state index in [-0.39, 0.29) is 0 Å². The van der Waals surface area contributed by atoms with E-state index in [1.165, 1.54) is 24.1 Å². The van der Waals surface area contributed by atoms with Crippen LogP contribution in [0.3, 0.4) is 0 Å². The third-order valence-electron chi connectivity index (χ3n) is 3.48. The van der Waals surface area contributed by atoms with Crippen LogP contribution in [0.15, 0.2) is 18.2 Å². The molecule has 0 saturated heterocycles. The van der Waals surface area contributed by atoms with Gasteiger partial charge in [-0.3, -0.25) is 0 Å². The van der Waals surface area contributed by atoms with E-state index in [2.05, 4.69) is 37.9 Å². The Hall–Kier alpha value is -1.18. The minimum Gasteiger partial charge on any atom is -0.397 e. The standard InChI is InChI=1S/C13H20N2/c1-9-4-7-13(12(14)8-9)15(3)10(2)11-5-6-11/h4,7-8,10-11H,5-6,14H2,1-3H3. The number of rotatable bonds is 3. The molecule has 1 aliphatic rings. The van der Waals surface area contributed by atoms with Crippen molar-refractivity contribution in [2.45, 2.75) is 32.7 Å². The van der Waals surface area contributed by atoms with Crippen LogP contribution in [0.2, 0.25) is 0 Å². The van der Waals surface area contributed by atoms with E-state index < -0.39 is 0 Å². The third-order valence-corrected chi connectivity index (χ3v) is 3.48. The van der Waals surface area contributed by atoms with Crippen LogP contribution in [-0.4, -0.2) is 13.1 Å². The van der Waals surface area contributed by atoms with Crippen molar-refractivity contribution in [3.8, 4) is 0 Å². The lowest BCUT2D eigenvalue weighted by molar-refractivity contribution is 0.610. The molecule has 0 aliphatic heterocycles. The summed E-state index contributed by atoms with van der Waals surface area (Å²) in [6.45, 7) is 4.36. The van der Waals surface area contributed by atoms with Crippen LogP contribution in [0.1, 0.15) is 25.3 Å². The van der Waals surface area contributed by atoms with Gasteiger partial charge in [0.25, 0.3) is 0 Å². The Kier molecular flexibility index (Phi) is 2.59. The van der Waals surface area contributed by atoms with E-state index in [1.54, 1.807) is 0 Å². The number of nitrogens with two attached hydrogens (primary N) is 1. The molecule has 2 nitrogen and oxygen atoms in total. The Labute approximate surface area is 92.1 Å². The number of nitrogen functional groups attached to an aromatic ring is 1. The van der Waals surface area contributed by atoms with Gasteiger partial charge in [0, 0.05) is 13.1 Å². The zero-order valence-electron chi connectivity index (χ0n) is 9.83. The maximum atomic E-state index is 6.04. The fraction of sp³-hybridized carbons (Fsp3) is 0.538. The lowest BCUT2D eigenvalue weighted by Crippen LogP contribution is -2.31. The van der Waals surface area contributed by atoms with E-state index in [0.29, 0.717) is 6.04 Å². The maximum Gasteiger partial charge on any atom is 0.0600 e. The first kappa shape index (κ1) is 10.3. The van der Waals surface area contributed by atoms with Crippen molar-refractivity contribution in [3.63, 3.8) is 0 Å². The molecule has 15 heavy (non-hydrogen) atoms. The fourth-order valence-electron chi connectivity index (χ4n) is 2.11. The molecule has 0 radical (unpaired) electrons. The maximum absolute atomic E-state index is 6.04. The van der Waals surface area contributed by atoms with Gasteiger partial charge in [-0.2, -0.15) is 0 Å². The Balaban J connectivity index is 2.20. The van der Waals surface area contributed by atoms with Crippen molar-refractivity contribution in [2.75, 3.05) is 17.7 Å². The zero-order valence-corrected chi connectivity index (χ0v) is 9.83. The SMILES string of the molecule is Cc1ccc(N(C)C(C)C2CC2)c(N)c1. The summed E-state index contributed by atoms with van der Waals surface area (Å²) < 4.78 is 0. The molecule has 82 valence electrons. The summed E-state index contributed by atoms with van der Waals surface area (Å²) in [5.41, 5.74) is 9.32. The quantitative estimate of drug-likeness (QED) is 0.767. The number of hydrogen-bond donors (Lipinski definition) is 1. The number of hydrogen-bond acceptors (Lipinski definition) is 2. The van der Waals surface area contributed by atoms with Crippen LogP contribution < -0.4 is 10.6 Å². The van der Waals surface area contributed by atoms with Gasteiger partial charge in [0.2, 0.25) is 0 Å². The van der Waals surface area contributed by atoms with Gasteiger partial charge in [-0.25, -0.2) is 0 Å². The molecule has 0 spiro atoms. The highest BCUT2D eigenvalue weighted by molar-refractivity contribution is 5.68. The first-order valence-corrected chi connectivity index (χ1v) is 5.68. The number of benzene rings is 1. The van der Waals surface area contributed by atoms with Gasteiger partial charge in [0.05, 0.1) is 11.4 Å². The van der Waals surface area contributed by atoms with Gasteiger partial charge in [0.1, 0.15) is 0 Å². The van der Waals surface area contributed by atoms with Crippen LogP contribution in [0, 0.1) is 12.8 Å². The first-order chi connectivity index (χ1) is 7.09. The van der Waals surface area contributed by atoms with E-state index in [1.807, 2.05) is 6.07 Å². The highest BCUT2D eigenvalue weighted by Crippen LogP contribution is 2.37. The van der Waals surface area contributed by atoms with Crippen molar-refractivity contribution < 1.29 is 0 Å². The lowest BCUT2D eigenvalue weighted by Gasteiger charge is -2.28. The monoisotopic (exact) mass is 204 g/mol. The molecule has 0 heterocycles. The van der Waals surface area contributed by atoms with Crippen LogP contribution >= 0.6 is 0 Å². The smallest absolute Gasteiger partial charge is 0.0600 e. The van der Waals surface area contributed by atoms with Gasteiger partial charge < -0.3 is 10.6 Å². The molecule has 2 N–H and O–H groups in total. The molecule has 1 aromatic rings. The summed E-state index contributed by atoms with van der Waals surface area (Å²) in [7, 11) is 2.14. The van der Waals surface area contributed by atoms with Crippen molar-refractivity contribution in [1.29, 1.82) is 0 Å². The van der Waals surface area contributed by atoms with E-state index in [0.717, 1.165) is 11.6 Å². The predicted octanol–water partition coefficient (Wildman–Crippen LogP) is 2.81. The second-order valence-electron chi connectivity index (χ2n) is 4.75. The second kappa shape index (κ2) is 3.76. The predicted molar refractivity (Wildman–Crippen MR) is 66.2 cm³/mol. The second-order valence-corrected chi connectivity index (χ2v) is 4.75. The van der Waals surface area contributed by atoms with Crippen LogP contribution in [0.25, 0.3) is 0 Å². The average Bonchev–Trinajstić information content (AvgIpc) is 2.99. The topological polar surface area (TPSA) is 29.3 Å². The van der Waals surface area contributed by atoms with Crippen molar-refractivity contribution in [3.05, 3.63) is 23.8 Å². The van der Waals surface area contributed by atoms with E-state index >= 15 is 0 Å². The lowest BCUT2D eigenvalue weighted by atomic mass is 10.1. The highest BCUT2D eigenvalue weighted by atomic mass is 15.1. The summed E-state index contributed by atoms with van der Waals surface area (Å²) in [5, 5.41) is 0. The van der Waals surface area contributed by atoms with Gasteiger partial charge >= 0.3 is 0 Å². The molecule has 0 bridgehead atoms. The molecular weight excluding hydrogens is 184 g/mol. The molecular formula is C13H20N2. The largest absolute Gasteiger partial charge is 0.397 e. The van der Waals surface area contributed by atoms with Crippen LogP contribution in [-0.2, 0) is 0 Å². The Bertz CT molecular complexity index is 356. The molecule has 1 aromatic carbocycles. The zero-order chi connectivity index (χ0) is 11.0. The van der Waals surface area contributed by atoms with Gasteiger partial charge in [0.15, 0.2) is 0 Å². The van der Waals surface area contributed by atoms with Gasteiger partial charge in [-0.05, 0) is 50.3 Å². The fourth-order valence-corrected chi connectivity index (χ4v) is 2.11. The third kappa shape index (κ3) is 2.09. The normalized spacial score (nSPS) is 17.5. The summed E-state index contributed by atoms with van der Waals surface area (Å²) >= 11 is 0. The number of aryl methyl sites for hydroxylation is 1. The molecule has 1 fully saturated rings. The Morgan fingerprint density at radius 1 is 1.40 bits per heavy atom. The molecule has 1 saturated carbocycles. The minimum absolute atomic E-state index is 0.606. The summed E-state index contributed by atoms with van der Waals surface area (Å²) in [6, 6.07) is 6.91. The number of nitrogens with zero attached hydrogens (tertiary/aromatic N) is 1. The first-order valence-electron chi connectivity index (χ1n) is 5.68. The molecule has 0 aromatic heterocycles. The summed E-state index contributed by atoms with van der Waals surface area (Å²) in [4.78, 5) is 2.31. The van der Waals surface area contributed by atoms with Crippen LogP contribution in [0.5, 0.6) is 0 Å². The van der Waals surface area contributed by atoms with Crippen molar-refractivity contribution >= 4 is 11.4 Å². The minimum atomic E-state index is 0.606. The van der Waals surface area contributed by atoms with Crippen LogP contribution in [0.4, 0.5) is 11.4 Å². The van der Waals surface area contributed by atoms with Gasteiger partial charge in [-0.15, -0.1) is 0 Å². The highest BCUT2D eigenvalue weighted by Gasteiger charge is 2.31. The molecule has 1 unspecified atom stereocenters. The summed E-state index contributed by atoms with van der Waals surface area (Å²) in [5.74, 6) is 0.871. The Morgan fingerprint density at radius 2 is 2.07 bits per heavy atom. The van der Waals surface area contributed by atoms with E-state index in [4.69, 9.17) is 5.73 Å².